The van der Waals surface area contributed by atoms with Crippen molar-refractivity contribution in [3.05, 3.63) is 41.1 Å². The molecule has 0 aliphatic carbocycles. The standard InChI is InChI=1S/C12H15NO3/c1-2-15-12-8-11(9-13(14)16-12)10-6-4-3-5-7-10/h3-7,9,11-12H,2,8H2,1H3/t11-,12-/m1/s1. The van der Waals surface area contributed by atoms with Gasteiger partial charge in [0.25, 0.3) is 0 Å². The Morgan fingerprint density at radius 3 is 2.88 bits per heavy atom. The minimum Gasteiger partial charge on any atom is -0.372 e. The molecule has 0 radical (unpaired) electrons. The van der Waals surface area contributed by atoms with Crippen molar-refractivity contribution in [2.24, 2.45) is 0 Å². The van der Waals surface area contributed by atoms with Crippen LogP contribution in [-0.4, -0.2) is 24.0 Å². The van der Waals surface area contributed by atoms with Crippen LogP contribution in [0.4, 0.5) is 0 Å². The van der Waals surface area contributed by atoms with Crippen molar-refractivity contribution in [2.45, 2.75) is 25.6 Å². The van der Waals surface area contributed by atoms with Gasteiger partial charge in [-0.3, -0.25) is 5.21 Å². The van der Waals surface area contributed by atoms with Gasteiger partial charge in [0.2, 0.25) is 6.21 Å². The third-order valence-corrected chi connectivity index (χ3v) is 2.55. The molecule has 0 aromatic heterocycles. The van der Waals surface area contributed by atoms with Crippen LogP contribution >= 0.6 is 0 Å². The Bertz CT molecular complexity index is 364. The smallest absolute Gasteiger partial charge is 0.217 e. The van der Waals surface area contributed by atoms with E-state index < -0.39 is 6.29 Å². The topological polar surface area (TPSA) is 44.5 Å². The molecule has 1 aromatic rings. The Hall–Kier alpha value is -1.55. The highest BCUT2D eigenvalue weighted by Crippen LogP contribution is 2.24. The minimum atomic E-state index is -0.447. The van der Waals surface area contributed by atoms with Crippen molar-refractivity contribution in [2.75, 3.05) is 6.61 Å². The van der Waals surface area contributed by atoms with Gasteiger partial charge in [-0.2, -0.15) is 0 Å². The van der Waals surface area contributed by atoms with Gasteiger partial charge in [0, 0.05) is 17.9 Å². The fourth-order valence-electron chi connectivity index (χ4n) is 1.82. The SMILES string of the molecule is CCO[C@H]1C[C@@H](c2ccccc2)C=[N+]([O-])O1. The zero-order chi connectivity index (χ0) is 11.4. The van der Waals surface area contributed by atoms with E-state index in [2.05, 4.69) is 0 Å². The molecule has 0 bridgehead atoms. The summed E-state index contributed by atoms with van der Waals surface area (Å²) >= 11 is 0. The molecule has 0 saturated heterocycles. The largest absolute Gasteiger partial charge is 0.372 e. The molecule has 1 aromatic carbocycles. The van der Waals surface area contributed by atoms with Crippen LogP contribution in [0.5, 0.6) is 0 Å². The molecule has 1 aliphatic heterocycles. The molecule has 2 atom stereocenters. The first-order chi connectivity index (χ1) is 7.79. The van der Waals surface area contributed by atoms with Gasteiger partial charge in [0.15, 0.2) is 6.29 Å². The first-order valence-corrected chi connectivity index (χ1v) is 5.44. The number of hydrogen-bond acceptors (Lipinski definition) is 3. The van der Waals surface area contributed by atoms with Crippen LogP contribution in [0, 0.1) is 5.21 Å². The first-order valence-electron chi connectivity index (χ1n) is 5.44. The lowest BCUT2D eigenvalue weighted by Gasteiger charge is -2.26. The second kappa shape index (κ2) is 4.99. The van der Waals surface area contributed by atoms with E-state index in [0.717, 1.165) is 5.56 Å². The van der Waals surface area contributed by atoms with E-state index in [1.165, 1.54) is 6.21 Å². The van der Waals surface area contributed by atoms with Gasteiger partial charge in [0.05, 0.1) is 5.92 Å². The summed E-state index contributed by atoms with van der Waals surface area (Å²) in [5, 5.41) is 11.3. The van der Waals surface area contributed by atoms with E-state index in [4.69, 9.17) is 9.57 Å². The van der Waals surface area contributed by atoms with Gasteiger partial charge in [-0.1, -0.05) is 30.3 Å². The van der Waals surface area contributed by atoms with Gasteiger partial charge in [-0.05, 0) is 12.5 Å². The van der Waals surface area contributed by atoms with E-state index in [0.29, 0.717) is 17.9 Å². The molecular weight excluding hydrogens is 206 g/mol. The Balaban J connectivity index is 2.13. The summed E-state index contributed by atoms with van der Waals surface area (Å²) in [4.78, 5) is 5.48. The van der Waals surface area contributed by atoms with Crippen LogP contribution in [0.3, 0.4) is 0 Å². The van der Waals surface area contributed by atoms with Gasteiger partial charge < -0.3 is 9.57 Å². The molecule has 16 heavy (non-hydrogen) atoms. The molecule has 0 unspecified atom stereocenters. The summed E-state index contributed by atoms with van der Waals surface area (Å²) in [6.45, 7) is 2.42. The van der Waals surface area contributed by atoms with Crippen LogP contribution in [0.2, 0.25) is 0 Å². The van der Waals surface area contributed by atoms with Crippen molar-refractivity contribution in [3.8, 4) is 0 Å². The molecular formula is C12H15NO3. The molecule has 1 aliphatic rings. The highest BCUT2D eigenvalue weighted by molar-refractivity contribution is 5.63. The summed E-state index contributed by atoms with van der Waals surface area (Å²) in [6, 6.07) is 9.89. The van der Waals surface area contributed by atoms with Crippen LogP contribution in [0.1, 0.15) is 24.8 Å². The highest BCUT2D eigenvalue weighted by atomic mass is 16.9. The second-order valence-electron chi connectivity index (χ2n) is 3.68. The maximum absolute atomic E-state index is 11.3. The molecule has 0 spiro atoms. The molecule has 1 heterocycles. The van der Waals surface area contributed by atoms with E-state index in [-0.39, 0.29) is 5.92 Å². The van der Waals surface area contributed by atoms with Crippen molar-refractivity contribution >= 4 is 6.21 Å². The number of nitrogens with zero attached hydrogens (tertiary/aromatic N) is 1. The number of ether oxygens (including phenoxy) is 1. The monoisotopic (exact) mass is 221 g/mol. The van der Waals surface area contributed by atoms with Crippen molar-refractivity contribution < 1.29 is 14.5 Å². The Morgan fingerprint density at radius 2 is 2.19 bits per heavy atom. The van der Waals surface area contributed by atoms with Crippen molar-refractivity contribution in [1.82, 2.24) is 0 Å². The third kappa shape index (κ3) is 2.52. The number of rotatable bonds is 3. The lowest BCUT2D eigenvalue weighted by molar-refractivity contribution is -0.768. The normalized spacial score (nSPS) is 24.7. The van der Waals surface area contributed by atoms with Gasteiger partial charge in [0.1, 0.15) is 0 Å². The summed E-state index contributed by atoms with van der Waals surface area (Å²) in [5.41, 5.74) is 1.11. The average molecular weight is 221 g/mol. The quantitative estimate of drug-likeness (QED) is 0.734. The third-order valence-electron chi connectivity index (χ3n) is 2.55. The summed E-state index contributed by atoms with van der Waals surface area (Å²) in [7, 11) is 0. The zero-order valence-electron chi connectivity index (χ0n) is 9.20. The van der Waals surface area contributed by atoms with E-state index >= 15 is 0 Å². The maximum Gasteiger partial charge on any atom is 0.217 e. The van der Waals surface area contributed by atoms with E-state index in [1.807, 2.05) is 37.3 Å². The summed E-state index contributed by atoms with van der Waals surface area (Å²) < 4.78 is 5.32. The average Bonchev–Trinajstić information content (AvgIpc) is 2.30. The molecule has 0 fully saturated rings. The molecule has 0 N–H and O–H groups in total. The molecule has 0 saturated carbocycles. The highest BCUT2D eigenvalue weighted by Gasteiger charge is 2.25. The second-order valence-corrected chi connectivity index (χ2v) is 3.68. The summed E-state index contributed by atoms with van der Waals surface area (Å²) in [6.07, 6.45) is 1.76. The van der Waals surface area contributed by atoms with Gasteiger partial charge in [-0.15, -0.1) is 0 Å². The molecule has 0 amide bonds. The van der Waals surface area contributed by atoms with Crippen LogP contribution in [0.25, 0.3) is 0 Å². The van der Waals surface area contributed by atoms with Gasteiger partial charge in [-0.25, -0.2) is 0 Å². The van der Waals surface area contributed by atoms with Crippen LogP contribution < -0.4 is 0 Å². The molecule has 2 rings (SSSR count). The minimum absolute atomic E-state index is 0.0593. The first kappa shape index (κ1) is 11.0. The molecule has 86 valence electrons. The fourth-order valence-corrected chi connectivity index (χ4v) is 1.82. The fraction of sp³-hybridized carbons (Fsp3) is 0.417. The molecule has 4 nitrogen and oxygen atoms in total. The lowest BCUT2D eigenvalue weighted by atomic mass is 9.96. The lowest BCUT2D eigenvalue weighted by Crippen LogP contribution is -2.31. The predicted molar refractivity (Wildman–Crippen MR) is 60.0 cm³/mol. The van der Waals surface area contributed by atoms with E-state index in [1.54, 1.807) is 0 Å². The van der Waals surface area contributed by atoms with Crippen molar-refractivity contribution in [3.63, 3.8) is 0 Å². The summed E-state index contributed by atoms with van der Waals surface area (Å²) in [5.74, 6) is 0.0593. The van der Waals surface area contributed by atoms with Gasteiger partial charge >= 0.3 is 0 Å². The molecule has 4 heteroatoms. The Labute approximate surface area is 94.6 Å². The van der Waals surface area contributed by atoms with E-state index in [9.17, 15) is 5.21 Å². The number of hydrogen-bond donors (Lipinski definition) is 0. The van der Waals surface area contributed by atoms with Crippen LogP contribution in [-0.2, 0) is 9.57 Å². The maximum atomic E-state index is 11.3. The predicted octanol–water partition coefficient (Wildman–Crippen LogP) is 2.05. The zero-order valence-corrected chi connectivity index (χ0v) is 9.20. The Morgan fingerprint density at radius 1 is 1.44 bits per heavy atom. The van der Waals surface area contributed by atoms with Crippen molar-refractivity contribution in [1.29, 1.82) is 0 Å². The number of benzene rings is 1. The Kier molecular flexibility index (Phi) is 3.41. The van der Waals surface area contributed by atoms with Crippen LogP contribution in [0.15, 0.2) is 30.3 Å².